The molecular formula is C11H15NO2. The van der Waals surface area contributed by atoms with E-state index in [0.29, 0.717) is 24.5 Å². The van der Waals surface area contributed by atoms with Crippen LogP contribution in [0.3, 0.4) is 0 Å². The van der Waals surface area contributed by atoms with Crippen molar-refractivity contribution in [1.82, 2.24) is 4.90 Å². The lowest BCUT2D eigenvalue weighted by molar-refractivity contribution is -0.144. The zero-order valence-electron chi connectivity index (χ0n) is 8.56. The van der Waals surface area contributed by atoms with Gasteiger partial charge in [-0.2, -0.15) is 0 Å². The van der Waals surface area contributed by atoms with Crippen LogP contribution < -0.4 is 0 Å². The van der Waals surface area contributed by atoms with E-state index in [1.165, 1.54) is 0 Å². The molecule has 3 rings (SSSR count). The molecule has 2 aliphatic heterocycles. The standard InChI is InChI=1S/C11H15NO2/c1-4-6-8-7-5-14-11(2,3)12(7)10(13)9(6)8/h4,6-9H,1,5H2,2-3H3/t6-,7-,8+,9+/m1/s1. The highest BCUT2D eigenvalue weighted by atomic mass is 16.5. The third-order valence-corrected chi connectivity index (χ3v) is 3.89. The fraction of sp³-hybridized carbons (Fsp3) is 0.727. The van der Waals surface area contributed by atoms with E-state index in [1.54, 1.807) is 0 Å². The van der Waals surface area contributed by atoms with E-state index in [-0.39, 0.29) is 17.6 Å². The van der Waals surface area contributed by atoms with Gasteiger partial charge >= 0.3 is 0 Å². The number of ether oxygens (including phenoxy) is 1. The molecule has 4 atom stereocenters. The number of nitrogens with zero attached hydrogens (tertiary/aromatic N) is 1. The molecule has 0 aromatic heterocycles. The van der Waals surface area contributed by atoms with Gasteiger partial charge < -0.3 is 9.64 Å². The Morgan fingerprint density at radius 3 is 3.00 bits per heavy atom. The molecule has 0 radical (unpaired) electrons. The number of rotatable bonds is 1. The molecule has 3 aliphatic rings. The van der Waals surface area contributed by atoms with Crippen molar-refractivity contribution in [3.63, 3.8) is 0 Å². The zero-order valence-corrected chi connectivity index (χ0v) is 8.56. The highest BCUT2D eigenvalue weighted by Gasteiger charge is 2.69. The number of carbonyl (C=O) groups excluding carboxylic acids is 1. The maximum Gasteiger partial charge on any atom is 0.229 e. The van der Waals surface area contributed by atoms with Crippen molar-refractivity contribution >= 4 is 5.91 Å². The smallest absolute Gasteiger partial charge is 0.229 e. The van der Waals surface area contributed by atoms with E-state index in [9.17, 15) is 4.79 Å². The molecule has 14 heavy (non-hydrogen) atoms. The summed E-state index contributed by atoms with van der Waals surface area (Å²) in [7, 11) is 0. The van der Waals surface area contributed by atoms with Crippen molar-refractivity contribution in [2.75, 3.05) is 6.61 Å². The van der Waals surface area contributed by atoms with Crippen LogP contribution in [-0.2, 0) is 9.53 Å². The highest BCUT2D eigenvalue weighted by Crippen LogP contribution is 2.60. The normalized spacial score (nSPS) is 47.6. The minimum atomic E-state index is -0.388. The van der Waals surface area contributed by atoms with Crippen molar-refractivity contribution in [1.29, 1.82) is 0 Å². The lowest BCUT2D eigenvalue weighted by atomic mass is 10.1. The van der Waals surface area contributed by atoms with E-state index in [2.05, 4.69) is 6.58 Å². The van der Waals surface area contributed by atoms with Crippen molar-refractivity contribution < 1.29 is 9.53 Å². The van der Waals surface area contributed by atoms with Gasteiger partial charge in [0, 0.05) is 5.92 Å². The molecule has 3 nitrogen and oxygen atoms in total. The number of hydrogen-bond acceptors (Lipinski definition) is 2. The second-order valence-electron chi connectivity index (χ2n) is 4.95. The first-order chi connectivity index (χ1) is 6.58. The van der Waals surface area contributed by atoms with E-state index >= 15 is 0 Å². The molecular weight excluding hydrogens is 178 g/mol. The molecule has 0 aromatic carbocycles. The third-order valence-electron chi connectivity index (χ3n) is 3.89. The first-order valence-corrected chi connectivity index (χ1v) is 5.17. The topological polar surface area (TPSA) is 29.5 Å². The second-order valence-corrected chi connectivity index (χ2v) is 4.95. The van der Waals surface area contributed by atoms with Crippen molar-refractivity contribution in [3.05, 3.63) is 12.7 Å². The fourth-order valence-electron chi connectivity index (χ4n) is 3.19. The molecule has 2 heterocycles. The predicted molar refractivity (Wildman–Crippen MR) is 51.3 cm³/mol. The monoisotopic (exact) mass is 193 g/mol. The first-order valence-electron chi connectivity index (χ1n) is 5.17. The predicted octanol–water partition coefficient (Wildman–Crippen LogP) is 1.01. The van der Waals surface area contributed by atoms with Crippen LogP contribution in [0.5, 0.6) is 0 Å². The summed E-state index contributed by atoms with van der Waals surface area (Å²) in [5, 5.41) is 0. The van der Waals surface area contributed by atoms with Gasteiger partial charge in [0.1, 0.15) is 5.72 Å². The van der Waals surface area contributed by atoms with Crippen molar-refractivity contribution in [2.45, 2.75) is 25.6 Å². The summed E-state index contributed by atoms with van der Waals surface area (Å²) in [6.07, 6.45) is 1.93. The van der Waals surface area contributed by atoms with Gasteiger partial charge in [-0.25, -0.2) is 0 Å². The SMILES string of the molecule is C=C[C@H]1[C@@H]2C(=O)N3[C@H](COC3(C)C)[C@H]12. The van der Waals surface area contributed by atoms with Gasteiger partial charge in [0.25, 0.3) is 0 Å². The molecule has 1 amide bonds. The van der Waals surface area contributed by atoms with E-state index in [1.807, 2.05) is 24.8 Å². The molecule has 0 N–H and O–H groups in total. The van der Waals surface area contributed by atoms with Crippen molar-refractivity contribution in [3.8, 4) is 0 Å². The maximum atomic E-state index is 12.0. The van der Waals surface area contributed by atoms with Gasteiger partial charge in [-0.05, 0) is 19.8 Å². The lowest BCUT2D eigenvalue weighted by Gasteiger charge is -2.31. The van der Waals surface area contributed by atoms with Gasteiger partial charge in [0.2, 0.25) is 5.91 Å². The summed E-state index contributed by atoms with van der Waals surface area (Å²) in [5.74, 6) is 1.40. The third kappa shape index (κ3) is 0.753. The van der Waals surface area contributed by atoms with Gasteiger partial charge in [0.15, 0.2) is 0 Å². The van der Waals surface area contributed by atoms with Gasteiger partial charge in [0.05, 0.1) is 18.6 Å². The number of piperidine rings is 1. The minimum Gasteiger partial charge on any atom is -0.354 e. The summed E-state index contributed by atoms with van der Waals surface area (Å²) in [6.45, 7) is 8.42. The second kappa shape index (κ2) is 2.22. The molecule has 3 fully saturated rings. The largest absolute Gasteiger partial charge is 0.354 e. The summed E-state index contributed by atoms with van der Waals surface area (Å²) in [6, 6.07) is 0.311. The molecule has 3 heteroatoms. The Kier molecular flexibility index (Phi) is 1.34. The molecule has 0 bridgehead atoms. The Hall–Kier alpha value is -0.830. The summed E-state index contributed by atoms with van der Waals surface area (Å²) >= 11 is 0. The quantitative estimate of drug-likeness (QED) is 0.582. The van der Waals surface area contributed by atoms with Crippen LogP contribution in [0.1, 0.15) is 13.8 Å². The summed E-state index contributed by atoms with van der Waals surface area (Å²) in [5.41, 5.74) is -0.388. The lowest BCUT2D eigenvalue weighted by Crippen LogP contribution is -2.46. The zero-order chi connectivity index (χ0) is 10.1. The minimum absolute atomic E-state index is 0.223. The molecule has 2 saturated heterocycles. The number of allylic oxidation sites excluding steroid dienone is 1. The van der Waals surface area contributed by atoms with Gasteiger partial charge in [-0.1, -0.05) is 6.08 Å². The molecule has 76 valence electrons. The average molecular weight is 193 g/mol. The Labute approximate surface area is 83.7 Å². The van der Waals surface area contributed by atoms with E-state index < -0.39 is 0 Å². The molecule has 0 unspecified atom stereocenters. The number of carbonyl (C=O) groups is 1. The Morgan fingerprint density at radius 1 is 1.64 bits per heavy atom. The van der Waals surface area contributed by atoms with E-state index in [0.717, 1.165) is 0 Å². The molecule has 0 spiro atoms. The summed E-state index contributed by atoms with van der Waals surface area (Å²) in [4.78, 5) is 13.9. The van der Waals surface area contributed by atoms with Crippen LogP contribution in [0.25, 0.3) is 0 Å². The van der Waals surface area contributed by atoms with Crippen molar-refractivity contribution in [2.24, 2.45) is 17.8 Å². The molecule has 1 aliphatic carbocycles. The van der Waals surface area contributed by atoms with Crippen LogP contribution >= 0.6 is 0 Å². The Morgan fingerprint density at radius 2 is 2.36 bits per heavy atom. The summed E-state index contributed by atoms with van der Waals surface area (Å²) < 4.78 is 5.64. The Balaban J connectivity index is 1.93. The average Bonchev–Trinajstić information content (AvgIpc) is 2.66. The first kappa shape index (κ1) is 8.48. The Bertz CT molecular complexity index is 323. The maximum absolute atomic E-state index is 12.0. The molecule has 0 aromatic rings. The number of hydrogen-bond donors (Lipinski definition) is 0. The fourth-order valence-corrected chi connectivity index (χ4v) is 3.19. The van der Waals surface area contributed by atoms with Crippen LogP contribution in [0.2, 0.25) is 0 Å². The van der Waals surface area contributed by atoms with Crippen LogP contribution in [-0.4, -0.2) is 29.2 Å². The van der Waals surface area contributed by atoms with Gasteiger partial charge in [-0.15, -0.1) is 6.58 Å². The van der Waals surface area contributed by atoms with Crippen LogP contribution in [0.4, 0.5) is 0 Å². The van der Waals surface area contributed by atoms with Gasteiger partial charge in [-0.3, -0.25) is 4.79 Å². The van der Waals surface area contributed by atoms with Crippen LogP contribution in [0.15, 0.2) is 12.7 Å². The molecule has 1 saturated carbocycles. The highest BCUT2D eigenvalue weighted by molar-refractivity contribution is 5.87. The number of fused-ring (bicyclic) bond motifs is 3. The van der Waals surface area contributed by atoms with E-state index in [4.69, 9.17) is 4.74 Å². The number of amides is 1. The van der Waals surface area contributed by atoms with Crippen LogP contribution in [0, 0.1) is 17.8 Å².